The fourth-order valence-electron chi connectivity index (χ4n) is 1.83. The van der Waals surface area contributed by atoms with Crippen LogP contribution in [0.3, 0.4) is 0 Å². The van der Waals surface area contributed by atoms with Crippen molar-refractivity contribution in [2.24, 2.45) is 0 Å². The molecule has 0 fully saturated rings. The summed E-state index contributed by atoms with van der Waals surface area (Å²) < 4.78 is 10.6. The molecule has 0 saturated heterocycles. The molecule has 4 heteroatoms. The maximum atomic E-state index is 12.1. The lowest BCUT2D eigenvalue weighted by Crippen LogP contribution is -2.12. The molecule has 0 radical (unpaired) electrons. The molecule has 0 amide bonds. The van der Waals surface area contributed by atoms with Crippen LogP contribution in [-0.4, -0.2) is 19.5 Å². The molecule has 2 rings (SSSR count). The van der Waals surface area contributed by atoms with Crippen LogP contribution >= 0.6 is 0 Å². The molecule has 0 atom stereocenters. The predicted octanol–water partition coefficient (Wildman–Crippen LogP) is 3.14. The molecule has 106 valence electrons. The smallest absolute Gasteiger partial charge is 0.200 e. The highest BCUT2D eigenvalue weighted by Crippen LogP contribution is 2.19. The lowest BCUT2D eigenvalue weighted by atomic mass is 10.1. The summed E-state index contributed by atoms with van der Waals surface area (Å²) in [7, 11) is 1.57. The SMILES string of the molecule is COc1ccc(C(=O)COc2cc(C#N)ccc2C)cc1. The summed E-state index contributed by atoms with van der Waals surface area (Å²) in [5, 5.41) is 8.87. The Labute approximate surface area is 123 Å². The number of hydrogen-bond donors (Lipinski definition) is 0. The molecule has 0 bridgehead atoms. The van der Waals surface area contributed by atoms with Crippen molar-refractivity contribution < 1.29 is 14.3 Å². The number of nitrogens with zero attached hydrogens (tertiary/aromatic N) is 1. The molecule has 0 unspecified atom stereocenters. The Morgan fingerprint density at radius 2 is 1.90 bits per heavy atom. The van der Waals surface area contributed by atoms with E-state index >= 15 is 0 Å². The maximum Gasteiger partial charge on any atom is 0.200 e. The number of carbonyl (C=O) groups is 1. The average Bonchev–Trinajstić information content (AvgIpc) is 2.54. The van der Waals surface area contributed by atoms with Crippen LogP contribution in [0.1, 0.15) is 21.5 Å². The van der Waals surface area contributed by atoms with Crippen LogP contribution in [-0.2, 0) is 0 Å². The third kappa shape index (κ3) is 3.61. The lowest BCUT2D eigenvalue weighted by molar-refractivity contribution is 0.0921. The Morgan fingerprint density at radius 3 is 2.52 bits per heavy atom. The van der Waals surface area contributed by atoms with Gasteiger partial charge in [0, 0.05) is 5.56 Å². The Morgan fingerprint density at radius 1 is 1.19 bits per heavy atom. The molecule has 0 N–H and O–H groups in total. The quantitative estimate of drug-likeness (QED) is 0.790. The largest absolute Gasteiger partial charge is 0.497 e. The number of rotatable bonds is 5. The summed E-state index contributed by atoms with van der Waals surface area (Å²) in [6.45, 7) is 1.80. The van der Waals surface area contributed by atoms with Gasteiger partial charge in [-0.15, -0.1) is 0 Å². The number of hydrogen-bond acceptors (Lipinski definition) is 4. The molecular formula is C17H15NO3. The first-order valence-corrected chi connectivity index (χ1v) is 6.45. The Kier molecular flexibility index (Phi) is 4.57. The van der Waals surface area contributed by atoms with Crippen LogP contribution < -0.4 is 9.47 Å². The van der Waals surface area contributed by atoms with E-state index in [2.05, 4.69) is 0 Å². The van der Waals surface area contributed by atoms with Crippen LogP contribution in [0.25, 0.3) is 0 Å². The molecule has 2 aromatic carbocycles. The van der Waals surface area contributed by atoms with Crippen LogP contribution in [0.2, 0.25) is 0 Å². The molecule has 0 aliphatic heterocycles. The monoisotopic (exact) mass is 281 g/mol. The molecule has 2 aromatic rings. The number of methoxy groups -OCH3 is 1. The minimum atomic E-state index is -0.126. The van der Waals surface area contributed by atoms with Crippen molar-refractivity contribution in [2.75, 3.05) is 13.7 Å². The fraction of sp³-hybridized carbons (Fsp3) is 0.176. The third-order valence-corrected chi connectivity index (χ3v) is 3.09. The number of Topliss-reactive ketones (excluding diaryl/α,β-unsaturated/α-hetero) is 1. The van der Waals surface area contributed by atoms with Crippen LogP contribution in [0, 0.1) is 18.3 Å². The van der Waals surface area contributed by atoms with E-state index in [1.165, 1.54) is 0 Å². The topological polar surface area (TPSA) is 59.3 Å². The van der Waals surface area contributed by atoms with Gasteiger partial charge in [0.25, 0.3) is 0 Å². The van der Waals surface area contributed by atoms with Crippen molar-refractivity contribution in [3.8, 4) is 17.6 Å². The minimum absolute atomic E-state index is 0.0674. The van der Waals surface area contributed by atoms with E-state index < -0.39 is 0 Å². The van der Waals surface area contributed by atoms with Gasteiger partial charge < -0.3 is 9.47 Å². The first-order chi connectivity index (χ1) is 10.1. The third-order valence-electron chi connectivity index (χ3n) is 3.09. The second kappa shape index (κ2) is 6.58. The fourth-order valence-corrected chi connectivity index (χ4v) is 1.83. The Bertz CT molecular complexity index is 684. The van der Waals surface area contributed by atoms with Gasteiger partial charge in [-0.2, -0.15) is 5.26 Å². The van der Waals surface area contributed by atoms with Crippen LogP contribution in [0.15, 0.2) is 42.5 Å². The van der Waals surface area contributed by atoms with E-state index in [-0.39, 0.29) is 12.4 Å². The molecule has 0 spiro atoms. The first-order valence-electron chi connectivity index (χ1n) is 6.45. The lowest BCUT2D eigenvalue weighted by Gasteiger charge is -2.09. The Balaban J connectivity index is 2.05. The van der Waals surface area contributed by atoms with Gasteiger partial charge in [-0.1, -0.05) is 6.07 Å². The van der Waals surface area contributed by atoms with Crippen molar-refractivity contribution in [1.82, 2.24) is 0 Å². The molecule has 0 aromatic heterocycles. The van der Waals surface area contributed by atoms with Crippen LogP contribution in [0.4, 0.5) is 0 Å². The van der Waals surface area contributed by atoms with Crippen molar-refractivity contribution in [3.63, 3.8) is 0 Å². The number of nitriles is 1. The Hall–Kier alpha value is -2.80. The highest BCUT2D eigenvalue weighted by atomic mass is 16.5. The summed E-state index contributed by atoms with van der Waals surface area (Å²) in [6.07, 6.45) is 0. The van der Waals surface area contributed by atoms with Crippen molar-refractivity contribution in [1.29, 1.82) is 5.26 Å². The highest BCUT2D eigenvalue weighted by Gasteiger charge is 2.09. The average molecular weight is 281 g/mol. The highest BCUT2D eigenvalue weighted by molar-refractivity contribution is 5.97. The first kappa shape index (κ1) is 14.6. The molecular weight excluding hydrogens is 266 g/mol. The molecule has 0 heterocycles. The van der Waals surface area contributed by atoms with E-state index in [4.69, 9.17) is 14.7 Å². The van der Waals surface area contributed by atoms with Gasteiger partial charge in [-0.05, 0) is 48.9 Å². The maximum absolute atomic E-state index is 12.1. The summed E-state index contributed by atoms with van der Waals surface area (Å²) in [5.74, 6) is 1.13. The van der Waals surface area contributed by atoms with E-state index in [0.29, 0.717) is 22.6 Å². The van der Waals surface area contributed by atoms with Gasteiger partial charge in [-0.3, -0.25) is 4.79 Å². The summed E-state index contributed by atoms with van der Waals surface area (Å²) >= 11 is 0. The standard InChI is InChI=1S/C17H15NO3/c1-12-3-4-13(10-18)9-17(12)21-11-16(19)14-5-7-15(20-2)8-6-14/h3-9H,11H2,1-2H3. The normalized spacial score (nSPS) is 9.76. The molecule has 21 heavy (non-hydrogen) atoms. The number of ether oxygens (including phenoxy) is 2. The van der Waals surface area contributed by atoms with E-state index in [0.717, 1.165) is 5.56 Å². The number of carbonyl (C=O) groups excluding carboxylic acids is 1. The van der Waals surface area contributed by atoms with Crippen molar-refractivity contribution >= 4 is 5.78 Å². The van der Waals surface area contributed by atoms with Gasteiger partial charge in [0.2, 0.25) is 0 Å². The van der Waals surface area contributed by atoms with Gasteiger partial charge in [-0.25, -0.2) is 0 Å². The number of benzene rings is 2. The summed E-state index contributed by atoms with van der Waals surface area (Å²) in [4.78, 5) is 12.1. The summed E-state index contributed by atoms with van der Waals surface area (Å²) in [5.41, 5.74) is 1.95. The van der Waals surface area contributed by atoms with Crippen molar-refractivity contribution in [2.45, 2.75) is 6.92 Å². The minimum Gasteiger partial charge on any atom is -0.497 e. The van der Waals surface area contributed by atoms with Gasteiger partial charge in [0.15, 0.2) is 12.4 Å². The van der Waals surface area contributed by atoms with E-state index in [9.17, 15) is 4.79 Å². The molecule has 4 nitrogen and oxygen atoms in total. The molecule has 0 aliphatic rings. The van der Waals surface area contributed by atoms with Gasteiger partial charge >= 0.3 is 0 Å². The molecule has 0 saturated carbocycles. The molecule has 0 aliphatic carbocycles. The van der Waals surface area contributed by atoms with Crippen molar-refractivity contribution in [3.05, 3.63) is 59.2 Å². The second-order valence-corrected chi connectivity index (χ2v) is 4.53. The van der Waals surface area contributed by atoms with E-state index in [1.807, 2.05) is 13.0 Å². The van der Waals surface area contributed by atoms with Gasteiger partial charge in [0.05, 0.1) is 18.7 Å². The zero-order chi connectivity index (χ0) is 15.2. The number of aryl methyl sites for hydroxylation is 1. The number of ketones is 1. The second-order valence-electron chi connectivity index (χ2n) is 4.53. The summed E-state index contributed by atoms with van der Waals surface area (Å²) in [6, 6.07) is 14.1. The van der Waals surface area contributed by atoms with E-state index in [1.54, 1.807) is 49.6 Å². The van der Waals surface area contributed by atoms with Gasteiger partial charge in [0.1, 0.15) is 11.5 Å². The zero-order valence-electron chi connectivity index (χ0n) is 11.9. The zero-order valence-corrected chi connectivity index (χ0v) is 11.9. The van der Waals surface area contributed by atoms with Crippen LogP contribution in [0.5, 0.6) is 11.5 Å². The predicted molar refractivity (Wildman–Crippen MR) is 78.7 cm³/mol.